The summed E-state index contributed by atoms with van der Waals surface area (Å²) in [6.07, 6.45) is 1.27. The maximum Gasteiger partial charge on any atom is 0.244 e. The first-order chi connectivity index (χ1) is 16.7. The number of anilines is 1. The minimum atomic E-state index is -3.94. The van der Waals surface area contributed by atoms with Crippen molar-refractivity contribution in [1.82, 2.24) is 10.2 Å². The van der Waals surface area contributed by atoms with E-state index < -0.39 is 28.5 Å². The quantitative estimate of drug-likeness (QED) is 0.363. The first kappa shape index (κ1) is 30.5. The maximum atomic E-state index is 13.7. The molecular formula is C24H29Cl4N3O4S. The second-order valence-corrected chi connectivity index (χ2v) is 12.3. The summed E-state index contributed by atoms with van der Waals surface area (Å²) in [7, 11) is -3.94. The standard InChI is InChI=1S/C24H29Cl4N3O4S/c1-5-21(24(33)29-12-15(2)3)30(13-16-6-8-18(26)20(28)10-16)23(32)14-31(36(4,34)35)22-11-17(25)7-9-19(22)27/h6-11,15,21H,5,12-14H2,1-4H3,(H,29,33). The Morgan fingerprint density at radius 3 is 2.17 bits per heavy atom. The molecule has 0 spiro atoms. The van der Waals surface area contributed by atoms with Crippen LogP contribution in [0.2, 0.25) is 20.1 Å². The van der Waals surface area contributed by atoms with Crippen LogP contribution in [0.1, 0.15) is 32.8 Å². The van der Waals surface area contributed by atoms with Gasteiger partial charge in [0.2, 0.25) is 21.8 Å². The van der Waals surface area contributed by atoms with E-state index in [9.17, 15) is 18.0 Å². The summed E-state index contributed by atoms with van der Waals surface area (Å²) in [4.78, 5) is 28.1. The lowest BCUT2D eigenvalue weighted by Gasteiger charge is -2.33. The van der Waals surface area contributed by atoms with E-state index in [1.165, 1.54) is 23.1 Å². The highest BCUT2D eigenvalue weighted by Gasteiger charge is 2.32. The molecule has 0 aliphatic heterocycles. The number of hydrogen-bond donors (Lipinski definition) is 1. The van der Waals surface area contributed by atoms with E-state index in [1.54, 1.807) is 25.1 Å². The zero-order valence-corrected chi connectivity index (χ0v) is 24.2. The molecule has 1 atom stereocenters. The van der Waals surface area contributed by atoms with Crippen molar-refractivity contribution in [3.05, 3.63) is 62.1 Å². The number of sulfonamides is 1. The summed E-state index contributed by atoms with van der Waals surface area (Å²) in [6, 6.07) is 8.36. The number of benzene rings is 2. The third kappa shape index (κ3) is 8.42. The molecule has 12 heteroatoms. The zero-order chi connectivity index (χ0) is 27.2. The summed E-state index contributed by atoms with van der Waals surface area (Å²) in [5.74, 6) is -0.739. The third-order valence-electron chi connectivity index (χ3n) is 5.26. The first-order valence-corrected chi connectivity index (χ1v) is 14.5. The predicted octanol–water partition coefficient (Wildman–Crippen LogP) is 5.65. The van der Waals surface area contributed by atoms with Crippen LogP contribution < -0.4 is 9.62 Å². The second-order valence-electron chi connectivity index (χ2n) is 8.70. The van der Waals surface area contributed by atoms with Crippen LogP contribution in [-0.4, -0.2) is 50.5 Å². The van der Waals surface area contributed by atoms with Crippen molar-refractivity contribution in [2.45, 2.75) is 39.8 Å². The highest BCUT2D eigenvalue weighted by molar-refractivity contribution is 7.92. The SMILES string of the molecule is CCC(C(=O)NCC(C)C)N(Cc1ccc(Cl)c(Cl)c1)C(=O)CN(c1cc(Cl)ccc1Cl)S(C)(=O)=O. The second kappa shape index (κ2) is 13.2. The average Bonchev–Trinajstić information content (AvgIpc) is 2.79. The molecule has 198 valence electrons. The van der Waals surface area contributed by atoms with Gasteiger partial charge in [0.05, 0.1) is 27.0 Å². The van der Waals surface area contributed by atoms with E-state index in [-0.39, 0.29) is 34.1 Å². The molecule has 7 nitrogen and oxygen atoms in total. The lowest BCUT2D eigenvalue weighted by atomic mass is 10.1. The summed E-state index contributed by atoms with van der Waals surface area (Å²) < 4.78 is 26.3. The van der Waals surface area contributed by atoms with Crippen molar-refractivity contribution >= 4 is 73.9 Å². The van der Waals surface area contributed by atoms with Crippen LogP contribution in [0.15, 0.2) is 36.4 Å². The Hall–Kier alpha value is -1.71. The van der Waals surface area contributed by atoms with Crippen LogP contribution in [0.4, 0.5) is 5.69 Å². The highest BCUT2D eigenvalue weighted by atomic mass is 35.5. The summed E-state index contributed by atoms with van der Waals surface area (Å²) in [5.41, 5.74) is 0.686. The normalized spacial score (nSPS) is 12.4. The van der Waals surface area contributed by atoms with E-state index >= 15 is 0 Å². The minimum absolute atomic E-state index is 0.00417. The van der Waals surface area contributed by atoms with Crippen molar-refractivity contribution in [2.75, 3.05) is 23.7 Å². The Morgan fingerprint density at radius 1 is 0.972 bits per heavy atom. The summed E-state index contributed by atoms with van der Waals surface area (Å²) in [6.45, 7) is 5.53. The number of nitrogens with zero attached hydrogens (tertiary/aromatic N) is 2. The Labute approximate surface area is 232 Å². The van der Waals surface area contributed by atoms with Crippen molar-refractivity contribution < 1.29 is 18.0 Å². The number of halogens is 4. The molecule has 2 aromatic rings. The number of nitrogens with one attached hydrogen (secondary N) is 1. The molecule has 36 heavy (non-hydrogen) atoms. The van der Waals surface area contributed by atoms with Gasteiger partial charge in [0.15, 0.2) is 0 Å². The summed E-state index contributed by atoms with van der Waals surface area (Å²) >= 11 is 24.5. The fraction of sp³-hybridized carbons (Fsp3) is 0.417. The van der Waals surface area contributed by atoms with Gasteiger partial charge in [0.25, 0.3) is 0 Å². The lowest BCUT2D eigenvalue weighted by Crippen LogP contribution is -2.52. The first-order valence-electron chi connectivity index (χ1n) is 11.2. The molecule has 0 saturated carbocycles. The van der Waals surface area contributed by atoms with Gasteiger partial charge in [-0.25, -0.2) is 8.42 Å². The number of amides is 2. The van der Waals surface area contributed by atoms with E-state index in [0.717, 1.165) is 10.6 Å². The van der Waals surface area contributed by atoms with Crippen LogP contribution >= 0.6 is 46.4 Å². The third-order valence-corrected chi connectivity index (χ3v) is 7.68. The van der Waals surface area contributed by atoms with Gasteiger partial charge in [0.1, 0.15) is 12.6 Å². The van der Waals surface area contributed by atoms with E-state index in [4.69, 9.17) is 46.4 Å². The van der Waals surface area contributed by atoms with Gasteiger partial charge in [0, 0.05) is 18.1 Å². The Bertz CT molecular complexity index is 1210. The van der Waals surface area contributed by atoms with Crippen molar-refractivity contribution in [3.8, 4) is 0 Å². The molecule has 0 fully saturated rings. The van der Waals surface area contributed by atoms with Crippen molar-refractivity contribution in [2.24, 2.45) is 5.92 Å². The van der Waals surface area contributed by atoms with Gasteiger partial charge in [-0.1, -0.05) is 73.2 Å². The maximum absolute atomic E-state index is 13.7. The largest absolute Gasteiger partial charge is 0.354 e. The number of rotatable bonds is 11. The molecule has 2 amide bonds. The molecule has 2 rings (SSSR count). The van der Waals surface area contributed by atoms with Crippen molar-refractivity contribution in [3.63, 3.8) is 0 Å². The number of carbonyl (C=O) groups is 2. The average molecular weight is 597 g/mol. The number of hydrogen-bond acceptors (Lipinski definition) is 4. The minimum Gasteiger partial charge on any atom is -0.354 e. The van der Waals surface area contributed by atoms with Gasteiger partial charge in [-0.15, -0.1) is 0 Å². The number of carbonyl (C=O) groups excluding carboxylic acids is 2. The molecule has 2 aromatic carbocycles. The van der Waals surface area contributed by atoms with Crippen LogP contribution in [-0.2, 0) is 26.2 Å². The molecule has 0 radical (unpaired) electrons. The van der Waals surface area contributed by atoms with E-state index in [0.29, 0.717) is 28.6 Å². The zero-order valence-electron chi connectivity index (χ0n) is 20.4. The molecule has 0 saturated heterocycles. The Balaban J connectivity index is 2.49. The highest BCUT2D eigenvalue weighted by Crippen LogP contribution is 2.31. The van der Waals surface area contributed by atoms with Gasteiger partial charge >= 0.3 is 0 Å². The van der Waals surface area contributed by atoms with Crippen LogP contribution in [0.3, 0.4) is 0 Å². The molecular weight excluding hydrogens is 568 g/mol. The predicted molar refractivity (Wildman–Crippen MR) is 148 cm³/mol. The molecule has 0 aliphatic rings. The summed E-state index contributed by atoms with van der Waals surface area (Å²) in [5, 5.41) is 3.86. The molecule has 1 N–H and O–H groups in total. The molecule has 1 unspecified atom stereocenters. The topological polar surface area (TPSA) is 86.8 Å². The van der Waals surface area contributed by atoms with Crippen LogP contribution in [0.5, 0.6) is 0 Å². The van der Waals surface area contributed by atoms with Crippen LogP contribution in [0.25, 0.3) is 0 Å². The van der Waals surface area contributed by atoms with Crippen molar-refractivity contribution in [1.29, 1.82) is 0 Å². The molecule has 0 heterocycles. The fourth-order valence-corrected chi connectivity index (χ4v) is 5.06. The van der Waals surface area contributed by atoms with Gasteiger partial charge in [-0.2, -0.15) is 0 Å². The smallest absolute Gasteiger partial charge is 0.244 e. The monoisotopic (exact) mass is 595 g/mol. The molecule has 0 bridgehead atoms. The Morgan fingerprint density at radius 2 is 1.61 bits per heavy atom. The van der Waals surface area contributed by atoms with Gasteiger partial charge in [-0.3, -0.25) is 13.9 Å². The Kier molecular flexibility index (Phi) is 11.2. The van der Waals surface area contributed by atoms with Gasteiger partial charge in [-0.05, 0) is 48.2 Å². The fourth-order valence-electron chi connectivity index (χ4n) is 3.45. The lowest BCUT2D eigenvalue weighted by molar-refractivity contribution is -0.140. The van der Waals surface area contributed by atoms with Gasteiger partial charge < -0.3 is 10.2 Å². The van der Waals surface area contributed by atoms with E-state index in [1.807, 2.05) is 13.8 Å². The molecule has 0 aromatic heterocycles. The molecule has 0 aliphatic carbocycles. The van der Waals surface area contributed by atoms with E-state index in [2.05, 4.69) is 5.32 Å². The van der Waals surface area contributed by atoms with Crippen LogP contribution in [0, 0.1) is 5.92 Å².